The molecule has 0 saturated heterocycles. The fraction of sp³-hybridized carbons (Fsp3) is 0.261. The van der Waals surface area contributed by atoms with Crippen LogP contribution in [0.15, 0.2) is 54.6 Å². The van der Waals surface area contributed by atoms with Crippen LogP contribution in [0.1, 0.15) is 37.4 Å². The molecule has 0 unspecified atom stereocenters. The molecule has 5 rings (SSSR count). The summed E-state index contributed by atoms with van der Waals surface area (Å²) in [7, 11) is 0. The van der Waals surface area contributed by atoms with Gasteiger partial charge in [-0.1, -0.05) is 68.8 Å². The van der Waals surface area contributed by atoms with Gasteiger partial charge in [-0.2, -0.15) is 9.84 Å². The molecular weight excluding hydrogens is 388 g/mol. The van der Waals surface area contributed by atoms with Crippen LogP contribution in [-0.2, 0) is 19.4 Å². The molecule has 3 aromatic heterocycles. The quantitative estimate of drug-likeness (QED) is 0.437. The van der Waals surface area contributed by atoms with Gasteiger partial charge in [-0.05, 0) is 28.3 Å². The number of aromatic nitrogens is 8. The molecule has 0 bridgehead atoms. The number of nitrogens with one attached hydrogen (secondary N) is 1. The third-order valence-electron chi connectivity index (χ3n) is 5.45. The number of benzene rings is 2. The van der Waals surface area contributed by atoms with Crippen LogP contribution in [0.4, 0.5) is 0 Å². The predicted molar refractivity (Wildman–Crippen MR) is 119 cm³/mol. The Morgan fingerprint density at radius 1 is 0.968 bits per heavy atom. The highest BCUT2D eigenvalue weighted by atomic mass is 15.5. The van der Waals surface area contributed by atoms with Crippen molar-refractivity contribution in [3.63, 3.8) is 0 Å². The lowest BCUT2D eigenvalue weighted by Gasteiger charge is -2.11. The van der Waals surface area contributed by atoms with Crippen molar-refractivity contribution in [2.24, 2.45) is 0 Å². The molecule has 2 aromatic carbocycles. The summed E-state index contributed by atoms with van der Waals surface area (Å²) >= 11 is 0. The normalized spacial score (nSPS) is 11.4. The summed E-state index contributed by atoms with van der Waals surface area (Å²) in [6, 6.07) is 18.9. The lowest BCUT2D eigenvalue weighted by molar-refractivity contribution is 0.551. The van der Waals surface area contributed by atoms with E-state index < -0.39 is 0 Å². The minimum absolute atomic E-state index is 0.594. The van der Waals surface area contributed by atoms with Gasteiger partial charge < -0.3 is 0 Å². The van der Waals surface area contributed by atoms with Crippen molar-refractivity contribution in [3.05, 3.63) is 71.7 Å². The molecule has 156 valence electrons. The van der Waals surface area contributed by atoms with E-state index in [9.17, 15) is 0 Å². The average molecular weight is 413 g/mol. The molecule has 5 aromatic rings. The van der Waals surface area contributed by atoms with Gasteiger partial charge in [0.15, 0.2) is 11.5 Å². The lowest BCUT2D eigenvalue weighted by atomic mass is 9.98. The van der Waals surface area contributed by atoms with Crippen LogP contribution in [0.3, 0.4) is 0 Å². The summed E-state index contributed by atoms with van der Waals surface area (Å²) in [5, 5.41) is 19.2. The molecule has 0 spiro atoms. The number of aromatic amines is 1. The number of tetrazole rings is 1. The first kappa shape index (κ1) is 19.2. The summed E-state index contributed by atoms with van der Waals surface area (Å²) in [5.41, 5.74) is 6.54. The minimum Gasteiger partial charge on any atom is -0.263 e. The molecule has 8 heteroatoms. The largest absolute Gasteiger partial charge is 0.263 e. The van der Waals surface area contributed by atoms with Gasteiger partial charge in [-0.25, -0.2) is 4.98 Å². The van der Waals surface area contributed by atoms with E-state index in [1.54, 1.807) is 0 Å². The van der Waals surface area contributed by atoms with E-state index in [0.29, 0.717) is 5.82 Å². The van der Waals surface area contributed by atoms with Crippen LogP contribution in [-0.4, -0.2) is 40.0 Å². The Morgan fingerprint density at radius 3 is 2.48 bits per heavy atom. The topological polar surface area (TPSA) is 89.6 Å². The predicted octanol–water partition coefficient (Wildman–Crippen LogP) is 3.94. The van der Waals surface area contributed by atoms with Crippen molar-refractivity contribution < 1.29 is 0 Å². The van der Waals surface area contributed by atoms with E-state index in [2.05, 4.69) is 85.6 Å². The molecule has 0 radical (unpaired) electrons. The molecule has 31 heavy (non-hydrogen) atoms. The molecule has 0 aliphatic heterocycles. The zero-order valence-electron chi connectivity index (χ0n) is 17.7. The highest BCUT2D eigenvalue weighted by Crippen LogP contribution is 2.30. The summed E-state index contributed by atoms with van der Waals surface area (Å²) in [6.45, 7) is 5.02. The molecular formula is C23H24N8. The number of hydrogen-bond acceptors (Lipinski definition) is 5. The van der Waals surface area contributed by atoms with Gasteiger partial charge in [0.25, 0.3) is 0 Å². The zero-order chi connectivity index (χ0) is 21.2. The first-order valence-corrected chi connectivity index (χ1v) is 10.6. The molecule has 0 aliphatic rings. The van der Waals surface area contributed by atoms with Gasteiger partial charge in [0.1, 0.15) is 0 Å². The van der Waals surface area contributed by atoms with Gasteiger partial charge in [0.05, 0.1) is 6.54 Å². The number of aryl methyl sites for hydroxylation is 2. The van der Waals surface area contributed by atoms with Gasteiger partial charge in [-0.3, -0.25) is 4.68 Å². The summed E-state index contributed by atoms with van der Waals surface area (Å²) in [6.07, 6.45) is 2.92. The average Bonchev–Trinajstić information content (AvgIpc) is 3.53. The third-order valence-corrected chi connectivity index (χ3v) is 5.45. The first-order chi connectivity index (χ1) is 15.3. The molecule has 1 N–H and O–H groups in total. The number of rotatable bonds is 7. The Morgan fingerprint density at radius 2 is 1.77 bits per heavy atom. The number of H-pyrrole nitrogens is 1. The van der Waals surface area contributed by atoms with Crippen LogP contribution in [0.25, 0.3) is 28.2 Å². The van der Waals surface area contributed by atoms with E-state index in [1.165, 1.54) is 11.3 Å². The van der Waals surface area contributed by atoms with Crippen molar-refractivity contribution in [3.8, 4) is 22.5 Å². The summed E-state index contributed by atoms with van der Waals surface area (Å²) in [4.78, 5) is 4.64. The van der Waals surface area contributed by atoms with Crippen molar-refractivity contribution in [1.82, 2.24) is 40.0 Å². The monoisotopic (exact) mass is 412 g/mol. The first-order valence-electron chi connectivity index (χ1n) is 10.6. The fourth-order valence-electron chi connectivity index (χ4n) is 3.92. The molecule has 8 nitrogen and oxygen atoms in total. The van der Waals surface area contributed by atoms with Crippen molar-refractivity contribution >= 4 is 5.65 Å². The Hall–Kier alpha value is -3.81. The van der Waals surface area contributed by atoms with Crippen LogP contribution in [0.2, 0.25) is 0 Å². The smallest absolute Gasteiger partial charge is 0.205 e. The molecule has 0 amide bonds. The Kier molecular flexibility index (Phi) is 5.03. The molecule has 0 saturated carbocycles. The zero-order valence-corrected chi connectivity index (χ0v) is 17.7. The summed E-state index contributed by atoms with van der Waals surface area (Å²) < 4.78 is 4.18. The van der Waals surface area contributed by atoms with Crippen LogP contribution in [0, 0.1) is 0 Å². The summed E-state index contributed by atoms with van der Waals surface area (Å²) in [5.74, 6) is 1.47. The highest BCUT2D eigenvalue weighted by Gasteiger charge is 2.14. The maximum absolute atomic E-state index is 4.68. The molecule has 0 aliphatic carbocycles. The second-order valence-corrected chi connectivity index (χ2v) is 7.55. The Bertz CT molecular complexity index is 1300. The second-order valence-electron chi connectivity index (χ2n) is 7.55. The number of nitrogens with zero attached hydrogens (tertiary/aromatic N) is 7. The minimum atomic E-state index is 0.594. The molecule has 0 fully saturated rings. The maximum atomic E-state index is 4.68. The van der Waals surface area contributed by atoms with E-state index >= 15 is 0 Å². The van der Waals surface area contributed by atoms with Crippen molar-refractivity contribution in [2.75, 3.05) is 0 Å². The Labute approximate surface area is 179 Å². The lowest BCUT2D eigenvalue weighted by Crippen LogP contribution is -2.12. The number of hydrogen-bond donors (Lipinski definition) is 1. The second kappa shape index (κ2) is 8.14. The van der Waals surface area contributed by atoms with Gasteiger partial charge in [-0.15, -0.1) is 15.3 Å². The van der Waals surface area contributed by atoms with E-state index in [0.717, 1.165) is 54.0 Å². The van der Waals surface area contributed by atoms with Crippen LogP contribution < -0.4 is 0 Å². The maximum Gasteiger partial charge on any atom is 0.205 e. The van der Waals surface area contributed by atoms with Gasteiger partial charge >= 0.3 is 0 Å². The van der Waals surface area contributed by atoms with Crippen molar-refractivity contribution in [1.29, 1.82) is 0 Å². The van der Waals surface area contributed by atoms with Crippen LogP contribution >= 0.6 is 0 Å². The third kappa shape index (κ3) is 3.61. The highest BCUT2D eigenvalue weighted by molar-refractivity contribution is 5.80. The van der Waals surface area contributed by atoms with Crippen molar-refractivity contribution in [2.45, 2.75) is 39.7 Å². The SMILES string of the molecule is CCCc1cc2nc(CC)nn2n1Cc1ccc(-c2ccccc2-c2nn[nH]n2)cc1. The van der Waals surface area contributed by atoms with Crippen LogP contribution in [0.5, 0.6) is 0 Å². The van der Waals surface area contributed by atoms with E-state index in [-0.39, 0.29) is 0 Å². The van der Waals surface area contributed by atoms with E-state index in [1.807, 2.05) is 22.8 Å². The van der Waals surface area contributed by atoms with E-state index in [4.69, 9.17) is 0 Å². The fourth-order valence-corrected chi connectivity index (χ4v) is 3.92. The molecule has 0 atom stereocenters. The molecule has 3 heterocycles. The Balaban J connectivity index is 1.47. The van der Waals surface area contributed by atoms with Gasteiger partial charge in [0.2, 0.25) is 5.82 Å². The standard InChI is InChI=1S/C23H24N8/c1-3-7-18-14-22-24-21(4-2)27-31(22)30(18)15-16-10-12-17(13-11-16)19-8-5-6-9-20(19)23-25-28-29-26-23/h5-6,8-14H,3-4,7,15H2,1-2H3,(H,25,26,28,29). The number of fused-ring (bicyclic) bond motifs is 1. The van der Waals surface area contributed by atoms with Gasteiger partial charge in [0, 0.05) is 23.7 Å².